The highest BCUT2D eigenvalue weighted by atomic mass is 16.3. The third-order valence-electron chi connectivity index (χ3n) is 2.40. The number of carbonyl (C=O) groups is 1. The van der Waals surface area contributed by atoms with Gasteiger partial charge in [-0.25, -0.2) is 0 Å². The van der Waals surface area contributed by atoms with Gasteiger partial charge in [0.15, 0.2) is 0 Å². The molecule has 3 heteroatoms. The highest BCUT2D eigenvalue weighted by Crippen LogP contribution is 2.16. The summed E-state index contributed by atoms with van der Waals surface area (Å²) in [5.74, 6) is -0.751. The third kappa shape index (κ3) is 3.44. The van der Waals surface area contributed by atoms with E-state index in [0.29, 0.717) is 0 Å². The van der Waals surface area contributed by atoms with Crippen LogP contribution in [0.5, 0.6) is 0 Å². The largest absolute Gasteiger partial charge is 0.396 e. The van der Waals surface area contributed by atoms with Crippen molar-refractivity contribution in [1.82, 2.24) is 0 Å². The van der Waals surface area contributed by atoms with Gasteiger partial charge in [-0.1, -0.05) is 27.7 Å². The van der Waals surface area contributed by atoms with E-state index < -0.39 is 6.10 Å². The smallest absolute Gasteiger partial charge is 0.143 e. The predicted octanol–water partition coefficient (Wildman–Crippen LogP) is 0.837. The van der Waals surface area contributed by atoms with Gasteiger partial charge in [0.2, 0.25) is 0 Å². The Morgan fingerprint density at radius 2 is 1.69 bits per heavy atom. The van der Waals surface area contributed by atoms with Gasteiger partial charge in [-0.05, 0) is 5.92 Å². The molecule has 0 aromatic carbocycles. The van der Waals surface area contributed by atoms with E-state index in [-0.39, 0.29) is 30.1 Å². The van der Waals surface area contributed by atoms with E-state index in [4.69, 9.17) is 5.11 Å². The summed E-state index contributed by atoms with van der Waals surface area (Å²) in [5, 5.41) is 18.4. The van der Waals surface area contributed by atoms with Crippen LogP contribution in [0.4, 0.5) is 0 Å². The number of aliphatic hydroxyl groups is 2. The first-order chi connectivity index (χ1) is 5.91. The van der Waals surface area contributed by atoms with Crippen LogP contribution in [0.2, 0.25) is 0 Å². The zero-order chi connectivity index (χ0) is 10.6. The molecule has 78 valence electrons. The SMILES string of the molecule is CC(C)[C@H](O)[C@@H](C)C(=O)[C@@H](C)CO. The fraction of sp³-hybridized carbons (Fsp3) is 0.900. The maximum atomic E-state index is 11.5. The van der Waals surface area contributed by atoms with E-state index in [2.05, 4.69) is 0 Å². The zero-order valence-electron chi connectivity index (χ0n) is 8.82. The van der Waals surface area contributed by atoms with Gasteiger partial charge < -0.3 is 10.2 Å². The third-order valence-corrected chi connectivity index (χ3v) is 2.40. The van der Waals surface area contributed by atoms with E-state index in [9.17, 15) is 9.90 Å². The molecular weight excluding hydrogens is 168 g/mol. The maximum absolute atomic E-state index is 11.5. The predicted molar refractivity (Wildman–Crippen MR) is 51.3 cm³/mol. The highest BCUT2D eigenvalue weighted by molar-refractivity contribution is 5.83. The van der Waals surface area contributed by atoms with Crippen LogP contribution in [0.25, 0.3) is 0 Å². The van der Waals surface area contributed by atoms with Crippen molar-refractivity contribution in [1.29, 1.82) is 0 Å². The van der Waals surface area contributed by atoms with E-state index in [1.807, 2.05) is 13.8 Å². The molecule has 0 saturated carbocycles. The van der Waals surface area contributed by atoms with Gasteiger partial charge in [-0.15, -0.1) is 0 Å². The normalized spacial score (nSPS) is 18.4. The molecule has 0 aliphatic carbocycles. The molecule has 0 radical (unpaired) electrons. The molecule has 0 aliphatic heterocycles. The van der Waals surface area contributed by atoms with E-state index in [1.54, 1.807) is 13.8 Å². The molecular formula is C10H20O3. The molecule has 0 rings (SSSR count). The van der Waals surface area contributed by atoms with Crippen molar-refractivity contribution in [2.75, 3.05) is 6.61 Å². The van der Waals surface area contributed by atoms with Gasteiger partial charge in [0.25, 0.3) is 0 Å². The fourth-order valence-electron chi connectivity index (χ4n) is 1.28. The summed E-state index contributed by atoms with van der Waals surface area (Å²) < 4.78 is 0. The number of Topliss-reactive ketones (excluding diaryl/α,β-unsaturated/α-hetero) is 1. The lowest BCUT2D eigenvalue weighted by Gasteiger charge is -2.22. The van der Waals surface area contributed by atoms with Gasteiger partial charge in [0, 0.05) is 11.8 Å². The maximum Gasteiger partial charge on any atom is 0.143 e. The number of hydrogen-bond acceptors (Lipinski definition) is 3. The van der Waals surface area contributed by atoms with Gasteiger partial charge in [0.1, 0.15) is 5.78 Å². The Kier molecular flexibility index (Phi) is 5.18. The minimum absolute atomic E-state index is 0.0660. The van der Waals surface area contributed by atoms with Crippen LogP contribution in [0, 0.1) is 17.8 Å². The molecule has 0 saturated heterocycles. The minimum Gasteiger partial charge on any atom is -0.396 e. The number of ketones is 1. The molecule has 3 nitrogen and oxygen atoms in total. The molecule has 0 aromatic rings. The minimum atomic E-state index is -0.610. The Balaban J connectivity index is 4.25. The number of rotatable bonds is 5. The Bertz CT molecular complexity index is 166. The Morgan fingerprint density at radius 1 is 1.23 bits per heavy atom. The Hall–Kier alpha value is -0.410. The standard InChI is InChI=1S/C10H20O3/c1-6(2)9(12)8(4)10(13)7(3)5-11/h6-9,11-12H,5H2,1-4H3/t7-,8+,9-/m0/s1. The molecule has 0 bridgehead atoms. The Morgan fingerprint density at radius 3 is 2.00 bits per heavy atom. The first-order valence-corrected chi connectivity index (χ1v) is 4.74. The lowest BCUT2D eigenvalue weighted by atomic mass is 9.86. The first-order valence-electron chi connectivity index (χ1n) is 4.74. The average molecular weight is 188 g/mol. The quantitative estimate of drug-likeness (QED) is 0.672. The second-order valence-electron chi connectivity index (χ2n) is 4.01. The molecule has 0 heterocycles. The molecule has 0 unspecified atom stereocenters. The van der Waals surface area contributed by atoms with Gasteiger partial charge in [-0.2, -0.15) is 0 Å². The van der Waals surface area contributed by atoms with Crippen molar-refractivity contribution in [3.8, 4) is 0 Å². The summed E-state index contributed by atoms with van der Waals surface area (Å²) in [7, 11) is 0. The number of hydrogen-bond donors (Lipinski definition) is 2. The molecule has 0 aliphatic rings. The van der Waals surface area contributed by atoms with Crippen LogP contribution in [-0.2, 0) is 4.79 Å². The summed E-state index contributed by atoms with van der Waals surface area (Å²) in [6.45, 7) is 6.98. The van der Waals surface area contributed by atoms with Crippen molar-refractivity contribution in [2.24, 2.45) is 17.8 Å². The average Bonchev–Trinajstić information content (AvgIpc) is 2.12. The van der Waals surface area contributed by atoms with Crippen molar-refractivity contribution in [2.45, 2.75) is 33.8 Å². The molecule has 0 amide bonds. The van der Waals surface area contributed by atoms with Crippen LogP contribution in [0.3, 0.4) is 0 Å². The first kappa shape index (κ1) is 12.6. The van der Waals surface area contributed by atoms with E-state index in [1.165, 1.54) is 0 Å². The molecule has 3 atom stereocenters. The van der Waals surface area contributed by atoms with Crippen molar-refractivity contribution in [3.63, 3.8) is 0 Å². The van der Waals surface area contributed by atoms with Crippen LogP contribution >= 0.6 is 0 Å². The topological polar surface area (TPSA) is 57.5 Å². The summed E-state index contributed by atoms with van der Waals surface area (Å²) >= 11 is 0. The van der Waals surface area contributed by atoms with Crippen LogP contribution in [0.15, 0.2) is 0 Å². The molecule has 0 fully saturated rings. The van der Waals surface area contributed by atoms with E-state index >= 15 is 0 Å². The second-order valence-corrected chi connectivity index (χ2v) is 4.01. The van der Waals surface area contributed by atoms with Crippen LogP contribution in [-0.4, -0.2) is 28.7 Å². The van der Waals surface area contributed by atoms with Crippen LogP contribution in [0.1, 0.15) is 27.7 Å². The molecule has 0 aromatic heterocycles. The molecule has 0 spiro atoms. The monoisotopic (exact) mass is 188 g/mol. The lowest BCUT2D eigenvalue weighted by Crippen LogP contribution is -2.34. The lowest BCUT2D eigenvalue weighted by molar-refractivity contribution is -0.131. The number of aliphatic hydroxyl groups excluding tert-OH is 2. The summed E-state index contributed by atoms with van der Waals surface area (Å²) in [6.07, 6.45) is -0.610. The number of carbonyl (C=O) groups excluding carboxylic acids is 1. The Labute approximate surface area is 79.8 Å². The van der Waals surface area contributed by atoms with E-state index in [0.717, 1.165) is 0 Å². The fourth-order valence-corrected chi connectivity index (χ4v) is 1.28. The van der Waals surface area contributed by atoms with Crippen molar-refractivity contribution >= 4 is 5.78 Å². The summed E-state index contributed by atoms with van der Waals surface area (Å²) in [4.78, 5) is 11.5. The van der Waals surface area contributed by atoms with Gasteiger partial charge in [0.05, 0.1) is 12.7 Å². The van der Waals surface area contributed by atoms with Crippen molar-refractivity contribution < 1.29 is 15.0 Å². The highest BCUT2D eigenvalue weighted by Gasteiger charge is 2.27. The summed E-state index contributed by atoms with van der Waals surface area (Å²) in [6, 6.07) is 0. The molecule has 13 heavy (non-hydrogen) atoms. The van der Waals surface area contributed by atoms with Gasteiger partial charge in [-0.3, -0.25) is 4.79 Å². The second kappa shape index (κ2) is 5.35. The zero-order valence-corrected chi connectivity index (χ0v) is 8.82. The van der Waals surface area contributed by atoms with Crippen molar-refractivity contribution in [3.05, 3.63) is 0 Å². The van der Waals surface area contributed by atoms with Gasteiger partial charge >= 0.3 is 0 Å². The summed E-state index contributed by atoms with van der Waals surface area (Å²) in [5.41, 5.74) is 0. The molecule has 2 N–H and O–H groups in total. The van der Waals surface area contributed by atoms with Crippen LogP contribution < -0.4 is 0 Å².